The van der Waals surface area contributed by atoms with Crippen LogP contribution in [0.15, 0.2) is 35.2 Å². The fourth-order valence-corrected chi connectivity index (χ4v) is 5.09. The number of methoxy groups -OCH3 is 1. The number of ether oxygens (including phenoxy) is 2. The molecule has 1 aliphatic rings. The highest BCUT2D eigenvalue weighted by Gasteiger charge is 2.19. The van der Waals surface area contributed by atoms with Crippen LogP contribution < -0.4 is 10.1 Å². The smallest absolute Gasteiger partial charge is 0.341 e. The molecule has 1 saturated heterocycles. The van der Waals surface area contributed by atoms with Gasteiger partial charge in [0.15, 0.2) is 0 Å². The van der Waals surface area contributed by atoms with E-state index in [-0.39, 0.29) is 17.2 Å². The van der Waals surface area contributed by atoms with Crippen molar-refractivity contribution >= 4 is 46.1 Å². The van der Waals surface area contributed by atoms with Gasteiger partial charge in [-0.2, -0.15) is 17.0 Å². The number of hydrogen-bond donors (Lipinski definition) is 1. The average Bonchev–Trinajstić information content (AvgIpc) is 3.26. The van der Waals surface area contributed by atoms with Crippen molar-refractivity contribution in [2.45, 2.75) is 26.5 Å². The minimum Gasteiger partial charge on any atom is -0.496 e. The van der Waals surface area contributed by atoms with Gasteiger partial charge in [0.25, 0.3) is 5.91 Å². The number of anilines is 1. The van der Waals surface area contributed by atoms with Crippen LogP contribution in [0.4, 0.5) is 5.00 Å². The summed E-state index contributed by atoms with van der Waals surface area (Å²) in [5, 5.41) is 14.3. The quantitative estimate of drug-likeness (QED) is 0.336. The van der Waals surface area contributed by atoms with Gasteiger partial charge >= 0.3 is 5.97 Å². The zero-order chi connectivity index (χ0) is 23.8. The summed E-state index contributed by atoms with van der Waals surface area (Å²) in [7, 11) is 1.64. The maximum absolute atomic E-state index is 12.8. The fourth-order valence-electron chi connectivity index (χ4n) is 3.34. The van der Waals surface area contributed by atoms with E-state index in [4.69, 9.17) is 9.47 Å². The van der Waals surface area contributed by atoms with Crippen LogP contribution in [0.5, 0.6) is 5.75 Å². The highest BCUT2D eigenvalue weighted by Crippen LogP contribution is 2.27. The number of nitrogens with zero attached hydrogens (tertiary/aromatic N) is 2. The Balaban J connectivity index is 1.78. The van der Waals surface area contributed by atoms with E-state index >= 15 is 0 Å². The normalized spacial score (nSPS) is 14.6. The van der Waals surface area contributed by atoms with Gasteiger partial charge in [0.1, 0.15) is 22.4 Å². The molecule has 1 N–H and O–H groups in total. The van der Waals surface area contributed by atoms with Gasteiger partial charge in [-0.15, -0.1) is 11.3 Å². The third-order valence-corrected chi connectivity index (χ3v) is 6.71. The molecule has 2 aromatic rings. The van der Waals surface area contributed by atoms with Crippen molar-refractivity contribution in [3.8, 4) is 11.8 Å². The lowest BCUT2D eigenvalue weighted by atomic mass is 10.1. The second kappa shape index (κ2) is 11.9. The van der Waals surface area contributed by atoms with Crippen molar-refractivity contribution < 1.29 is 19.1 Å². The highest BCUT2D eigenvalue weighted by molar-refractivity contribution is 7.99. The van der Waals surface area contributed by atoms with E-state index in [1.165, 1.54) is 11.3 Å². The maximum Gasteiger partial charge on any atom is 0.341 e. The molecule has 33 heavy (non-hydrogen) atoms. The number of nitriles is 1. The van der Waals surface area contributed by atoms with Gasteiger partial charge in [-0.05, 0) is 49.1 Å². The zero-order valence-corrected chi connectivity index (χ0v) is 20.6. The lowest BCUT2D eigenvalue weighted by Gasteiger charge is -2.26. The van der Waals surface area contributed by atoms with Crippen molar-refractivity contribution in [2.75, 3.05) is 37.0 Å². The summed E-state index contributed by atoms with van der Waals surface area (Å²) in [6, 6.07) is 9.17. The Morgan fingerprint density at radius 1 is 1.27 bits per heavy atom. The molecule has 0 radical (unpaired) electrons. The number of hydrogen-bond acceptors (Lipinski definition) is 8. The number of nitrogens with one attached hydrogen (secondary N) is 1. The number of thiophene rings is 1. The van der Waals surface area contributed by atoms with Gasteiger partial charge in [0.2, 0.25) is 0 Å². The van der Waals surface area contributed by atoms with Crippen LogP contribution in [-0.2, 0) is 16.1 Å². The monoisotopic (exact) mass is 485 g/mol. The summed E-state index contributed by atoms with van der Waals surface area (Å²) in [5.74, 6) is 1.90. The molecule has 0 unspecified atom stereocenters. The first-order chi connectivity index (χ1) is 15.9. The van der Waals surface area contributed by atoms with Crippen LogP contribution in [0.1, 0.15) is 35.3 Å². The Kier molecular flexibility index (Phi) is 8.95. The second-order valence-corrected chi connectivity index (χ2v) is 9.84. The van der Waals surface area contributed by atoms with E-state index in [9.17, 15) is 14.9 Å². The van der Waals surface area contributed by atoms with Crippen molar-refractivity contribution in [1.29, 1.82) is 5.26 Å². The predicted octanol–water partition coefficient (Wildman–Crippen LogP) is 4.42. The van der Waals surface area contributed by atoms with Crippen LogP contribution in [0.25, 0.3) is 6.08 Å². The number of esters is 1. The van der Waals surface area contributed by atoms with Gasteiger partial charge in [0.05, 0.1) is 18.8 Å². The lowest BCUT2D eigenvalue weighted by Crippen LogP contribution is -2.32. The molecule has 0 spiro atoms. The fraction of sp³-hybridized carbons (Fsp3) is 0.375. The molecule has 1 fully saturated rings. The Morgan fingerprint density at radius 3 is 2.70 bits per heavy atom. The number of carbonyl (C=O) groups is 2. The zero-order valence-electron chi connectivity index (χ0n) is 18.9. The van der Waals surface area contributed by atoms with E-state index < -0.39 is 11.9 Å². The van der Waals surface area contributed by atoms with Crippen LogP contribution in [-0.4, -0.2) is 54.6 Å². The summed E-state index contributed by atoms with van der Waals surface area (Å²) in [4.78, 5) is 27.4. The summed E-state index contributed by atoms with van der Waals surface area (Å²) in [6.45, 7) is 6.29. The Labute approximate surface area is 202 Å². The predicted molar refractivity (Wildman–Crippen MR) is 133 cm³/mol. The average molecular weight is 486 g/mol. The largest absolute Gasteiger partial charge is 0.496 e. The van der Waals surface area contributed by atoms with Crippen molar-refractivity contribution in [2.24, 2.45) is 0 Å². The third kappa shape index (κ3) is 6.84. The SMILES string of the molecule is COc1ccc(/C=C(\C#N)C(=O)Nc2sccc2C(=O)OC(C)C)cc1CN1CCSCC1. The first-order valence-corrected chi connectivity index (χ1v) is 12.6. The molecule has 7 nitrogen and oxygen atoms in total. The van der Waals surface area contributed by atoms with Crippen molar-refractivity contribution in [3.63, 3.8) is 0 Å². The van der Waals surface area contributed by atoms with Gasteiger partial charge < -0.3 is 14.8 Å². The summed E-state index contributed by atoms with van der Waals surface area (Å²) < 4.78 is 10.7. The maximum atomic E-state index is 12.8. The standard InChI is InChI=1S/C24H27N3O4S2/c1-16(2)31-24(29)20-6-9-33-23(20)26-22(28)18(14-25)12-17-4-5-21(30-3)19(13-17)15-27-7-10-32-11-8-27/h4-6,9,12-13,16H,7-8,10-11,15H2,1-3H3,(H,26,28)/b18-12+. The third-order valence-electron chi connectivity index (χ3n) is 4.93. The second-order valence-electron chi connectivity index (χ2n) is 7.70. The molecule has 3 rings (SSSR count). The Morgan fingerprint density at radius 2 is 2.03 bits per heavy atom. The molecular weight excluding hydrogens is 458 g/mol. The number of thioether (sulfide) groups is 1. The van der Waals surface area contributed by atoms with Crippen molar-refractivity contribution in [1.82, 2.24) is 4.90 Å². The number of rotatable bonds is 8. The molecule has 9 heteroatoms. The topological polar surface area (TPSA) is 91.7 Å². The van der Waals surface area contributed by atoms with E-state index in [0.29, 0.717) is 5.00 Å². The first kappa shape index (κ1) is 24.8. The summed E-state index contributed by atoms with van der Waals surface area (Å²) >= 11 is 3.15. The van der Waals surface area contributed by atoms with Crippen LogP contribution in [0.3, 0.4) is 0 Å². The van der Waals surface area contributed by atoms with Gasteiger partial charge in [-0.1, -0.05) is 6.07 Å². The van der Waals surface area contributed by atoms with Crippen LogP contribution in [0.2, 0.25) is 0 Å². The van der Waals surface area contributed by atoms with E-state index in [0.717, 1.165) is 48.0 Å². The molecule has 1 amide bonds. The minimum absolute atomic E-state index is 0.0583. The molecule has 0 aliphatic carbocycles. The Hall–Kier alpha value is -2.80. The minimum atomic E-state index is -0.580. The molecule has 0 saturated carbocycles. The van der Waals surface area contributed by atoms with Gasteiger partial charge in [-0.3, -0.25) is 9.69 Å². The highest BCUT2D eigenvalue weighted by atomic mass is 32.2. The lowest BCUT2D eigenvalue weighted by molar-refractivity contribution is -0.112. The molecule has 0 bridgehead atoms. The number of benzene rings is 1. The molecule has 1 aliphatic heterocycles. The summed E-state index contributed by atoms with van der Waals surface area (Å²) in [6.07, 6.45) is 1.27. The van der Waals surface area contributed by atoms with Gasteiger partial charge in [-0.25, -0.2) is 4.79 Å². The molecule has 2 heterocycles. The van der Waals surface area contributed by atoms with Crippen molar-refractivity contribution in [3.05, 3.63) is 51.9 Å². The Bertz CT molecular complexity index is 1070. The first-order valence-electron chi connectivity index (χ1n) is 10.6. The van der Waals surface area contributed by atoms with Crippen LogP contribution >= 0.6 is 23.1 Å². The van der Waals surface area contributed by atoms with E-state index in [2.05, 4.69) is 10.2 Å². The van der Waals surface area contributed by atoms with Gasteiger partial charge in [0, 0.05) is 36.7 Å². The molecule has 0 atom stereocenters. The molecule has 1 aromatic heterocycles. The van der Waals surface area contributed by atoms with E-state index in [1.807, 2.05) is 36.0 Å². The molecule has 1 aromatic carbocycles. The summed E-state index contributed by atoms with van der Waals surface area (Å²) in [5.41, 5.74) is 1.95. The number of carbonyl (C=O) groups excluding carboxylic acids is 2. The van der Waals surface area contributed by atoms with Crippen LogP contribution in [0, 0.1) is 11.3 Å². The number of amides is 1. The molecule has 174 valence electrons. The molecular formula is C24H27N3O4S2. The van der Waals surface area contributed by atoms with E-state index in [1.54, 1.807) is 38.5 Å².